The lowest BCUT2D eigenvalue weighted by atomic mass is 9.99. The highest BCUT2D eigenvalue weighted by Gasteiger charge is 2.36. The van der Waals surface area contributed by atoms with Gasteiger partial charge < -0.3 is 10.2 Å². The van der Waals surface area contributed by atoms with Crippen LogP contribution in [0.4, 0.5) is 0 Å². The molecule has 0 saturated carbocycles. The number of piperazine rings is 1. The normalized spacial score (nSPS) is 20.0. The Labute approximate surface area is 117 Å². The number of hydrogen-bond donors (Lipinski definition) is 1. The smallest absolute Gasteiger partial charge is 0.243 e. The van der Waals surface area contributed by atoms with Crippen LogP contribution in [0.25, 0.3) is 0 Å². The van der Waals surface area contributed by atoms with Crippen LogP contribution in [0.15, 0.2) is 5.38 Å². The van der Waals surface area contributed by atoms with Crippen LogP contribution in [0.5, 0.6) is 0 Å². The van der Waals surface area contributed by atoms with E-state index in [1.807, 2.05) is 26.2 Å². The second-order valence-electron chi connectivity index (χ2n) is 5.10. The molecule has 0 bridgehead atoms. The van der Waals surface area contributed by atoms with E-state index < -0.39 is 0 Å². The molecule has 6 heteroatoms. The summed E-state index contributed by atoms with van der Waals surface area (Å²) in [6.07, 6.45) is 0.701. The molecule has 1 aliphatic rings. The van der Waals surface area contributed by atoms with Crippen molar-refractivity contribution < 1.29 is 9.59 Å². The Morgan fingerprint density at radius 2 is 2.26 bits per heavy atom. The van der Waals surface area contributed by atoms with Crippen molar-refractivity contribution in [2.75, 3.05) is 13.1 Å². The number of hydrogen-bond acceptors (Lipinski definition) is 4. The summed E-state index contributed by atoms with van der Waals surface area (Å²) in [5, 5.41) is 5.69. The van der Waals surface area contributed by atoms with Gasteiger partial charge in [0, 0.05) is 18.3 Å². The summed E-state index contributed by atoms with van der Waals surface area (Å²) in [5.41, 5.74) is 0.990. The first kappa shape index (κ1) is 14.0. The molecule has 5 nitrogen and oxygen atoms in total. The molecule has 2 amide bonds. The van der Waals surface area contributed by atoms with Crippen molar-refractivity contribution in [3.05, 3.63) is 16.1 Å². The Morgan fingerprint density at radius 1 is 1.53 bits per heavy atom. The molecule has 19 heavy (non-hydrogen) atoms. The summed E-state index contributed by atoms with van der Waals surface area (Å²) < 4.78 is 0. The van der Waals surface area contributed by atoms with Crippen LogP contribution < -0.4 is 5.32 Å². The molecule has 0 aliphatic carbocycles. The van der Waals surface area contributed by atoms with Crippen LogP contribution in [-0.4, -0.2) is 40.8 Å². The van der Waals surface area contributed by atoms with Gasteiger partial charge in [0.15, 0.2) is 0 Å². The summed E-state index contributed by atoms with van der Waals surface area (Å²) >= 11 is 1.61. The predicted octanol–water partition coefficient (Wildman–Crippen LogP) is 0.977. The lowest BCUT2D eigenvalue weighted by Gasteiger charge is -2.37. The van der Waals surface area contributed by atoms with Crippen molar-refractivity contribution in [3.63, 3.8) is 0 Å². The summed E-state index contributed by atoms with van der Waals surface area (Å²) in [4.78, 5) is 29.9. The number of carbonyl (C=O) groups excluding carboxylic acids is 2. The van der Waals surface area contributed by atoms with Gasteiger partial charge in [0.2, 0.25) is 11.8 Å². The summed E-state index contributed by atoms with van der Waals surface area (Å²) in [5.74, 6) is 0.0516. The van der Waals surface area contributed by atoms with Crippen LogP contribution >= 0.6 is 11.3 Å². The molecule has 1 atom stereocenters. The molecule has 0 aromatic carbocycles. The standard InChI is InChI=1S/C13H19N3O2S/c1-8(2)12-13(18)14-6-11(17)16(12)5-4-10-7-19-9(3)15-10/h7-8,12H,4-6H2,1-3H3,(H,14,18). The van der Waals surface area contributed by atoms with Crippen LogP contribution in [0.1, 0.15) is 24.5 Å². The third-order valence-corrected chi connectivity index (χ3v) is 4.07. The number of amides is 2. The molecule has 2 rings (SSSR count). The molecular weight excluding hydrogens is 262 g/mol. The minimum absolute atomic E-state index is 0.00903. The molecule has 1 N–H and O–H groups in total. The maximum absolute atomic E-state index is 12.0. The Hall–Kier alpha value is -1.43. The van der Waals surface area contributed by atoms with Gasteiger partial charge in [-0.25, -0.2) is 4.98 Å². The molecule has 1 saturated heterocycles. The predicted molar refractivity (Wildman–Crippen MR) is 73.9 cm³/mol. The monoisotopic (exact) mass is 281 g/mol. The quantitative estimate of drug-likeness (QED) is 0.895. The zero-order valence-corrected chi connectivity index (χ0v) is 12.3. The van der Waals surface area contributed by atoms with Gasteiger partial charge in [-0.15, -0.1) is 11.3 Å². The Morgan fingerprint density at radius 3 is 2.84 bits per heavy atom. The topological polar surface area (TPSA) is 62.3 Å². The fourth-order valence-corrected chi connectivity index (χ4v) is 3.00. The van der Waals surface area contributed by atoms with E-state index in [0.29, 0.717) is 13.0 Å². The highest BCUT2D eigenvalue weighted by molar-refractivity contribution is 7.09. The van der Waals surface area contributed by atoms with Gasteiger partial charge in [0.25, 0.3) is 0 Å². The maximum atomic E-state index is 12.0. The molecular formula is C13H19N3O2S. The molecule has 1 aliphatic heterocycles. The van der Waals surface area contributed by atoms with E-state index in [-0.39, 0.29) is 30.3 Å². The first-order chi connectivity index (χ1) is 8.99. The number of rotatable bonds is 4. The van der Waals surface area contributed by atoms with Gasteiger partial charge in [-0.2, -0.15) is 0 Å². The number of aryl methyl sites for hydroxylation is 1. The van der Waals surface area contributed by atoms with Gasteiger partial charge in [-0.05, 0) is 12.8 Å². The van der Waals surface area contributed by atoms with Gasteiger partial charge in [-0.3, -0.25) is 9.59 Å². The Bertz CT molecular complexity index is 484. The first-order valence-corrected chi connectivity index (χ1v) is 7.35. The maximum Gasteiger partial charge on any atom is 0.243 e. The van der Waals surface area contributed by atoms with Gasteiger partial charge in [0.1, 0.15) is 6.04 Å². The fraction of sp³-hybridized carbons (Fsp3) is 0.615. The van der Waals surface area contributed by atoms with E-state index in [9.17, 15) is 9.59 Å². The third kappa shape index (κ3) is 3.12. The number of nitrogens with zero attached hydrogens (tertiary/aromatic N) is 2. The van der Waals surface area contributed by atoms with Crippen LogP contribution in [-0.2, 0) is 16.0 Å². The van der Waals surface area contributed by atoms with Crippen LogP contribution in [0.2, 0.25) is 0 Å². The van der Waals surface area contributed by atoms with Crippen molar-refractivity contribution in [1.82, 2.24) is 15.2 Å². The van der Waals surface area contributed by atoms with E-state index in [1.165, 1.54) is 0 Å². The van der Waals surface area contributed by atoms with E-state index in [2.05, 4.69) is 10.3 Å². The molecule has 0 spiro atoms. The Kier molecular flexibility index (Phi) is 4.19. The van der Waals surface area contributed by atoms with Crippen LogP contribution in [0, 0.1) is 12.8 Å². The van der Waals surface area contributed by atoms with Gasteiger partial charge >= 0.3 is 0 Å². The number of thiazole rings is 1. The third-order valence-electron chi connectivity index (χ3n) is 3.25. The van der Waals surface area contributed by atoms with E-state index in [0.717, 1.165) is 10.7 Å². The van der Waals surface area contributed by atoms with Crippen molar-refractivity contribution in [2.24, 2.45) is 5.92 Å². The molecule has 2 heterocycles. The van der Waals surface area contributed by atoms with Crippen molar-refractivity contribution in [2.45, 2.75) is 33.2 Å². The largest absolute Gasteiger partial charge is 0.345 e. The van der Waals surface area contributed by atoms with Crippen LogP contribution in [0.3, 0.4) is 0 Å². The van der Waals surface area contributed by atoms with E-state index in [1.54, 1.807) is 16.2 Å². The molecule has 1 unspecified atom stereocenters. The van der Waals surface area contributed by atoms with Crippen molar-refractivity contribution in [1.29, 1.82) is 0 Å². The van der Waals surface area contributed by atoms with E-state index in [4.69, 9.17) is 0 Å². The lowest BCUT2D eigenvalue weighted by Crippen LogP contribution is -2.60. The summed E-state index contributed by atoms with van der Waals surface area (Å²) in [7, 11) is 0. The molecule has 1 aromatic heterocycles. The summed E-state index contributed by atoms with van der Waals surface area (Å²) in [6, 6.07) is -0.360. The van der Waals surface area contributed by atoms with E-state index >= 15 is 0 Å². The van der Waals surface area contributed by atoms with Gasteiger partial charge in [-0.1, -0.05) is 13.8 Å². The van der Waals surface area contributed by atoms with Crippen molar-refractivity contribution in [3.8, 4) is 0 Å². The van der Waals surface area contributed by atoms with Crippen molar-refractivity contribution >= 4 is 23.2 Å². The minimum Gasteiger partial charge on any atom is -0.345 e. The molecule has 104 valence electrons. The SMILES string of the molecule is Cc1nc(CCN2C(=O)CNC(=O)C2C(C)C)cs1. The highest BCUT2D eigenvalue weighted by Crippen LogP contribution is 2.16. The number of aromatic nitrogens is 1. The first-order valence-electron chi connectivity index (χ1n) is 6.47. The number of carbonyl (C=O) groups is 2. The fourth-order valence-electron chi connectivity index (χ4n) is 2.35. The number of nitrogens with one attached hydrogen (secondary N) is 1. The highest BCUT2D eigenvalue weighted by atomic mass is 32.1. The molecule has 1 aromatic rings. The Balaban J connectivity index is 2.06. The van der Waals surface area contributed by atoms with Gasteiger partial charge in [0.05, 0.1) is 17.2 Å². The minimum atomic E-state index is -0.360. The molecule has 1 fully saturated rings. The summed E-state index contributed by atoms with van der Waals surface area (Å²) in [6.45, 7) is 6.55. The zero-order valence-electron chi connectivity index (χ0n) is 11.5. The average molecular weight is 281 g/mol. The second-order valence-corrected chi connectivity index (χ2v) is 6.16. The average Bonchev–Trinajstić information content (AvgIpc) is 2.75. The second kappa shape index (κ2) is 5.69. The zero-order chi connectivity index (χ0) is 14.0. The lowest BCUT2D eigenvalue weighted by molar-refractivity contribution is -0.147. The molecule has 0 radical (unpaired) electrons.